The lowest BCUT2D eigenvalue weighted by atomic mass is 10.00. The smallest absolute Gasteiger partial charge is 0.416 e. The molecule has 6 nitrogen and oxygen atoms in total. The number of aryl methyl sites for hydroxylation is 2. The molecule has 4 aromatic rings. The maximum Gasteiger partial charge on any atom is 0.416 e. The summed E-state index contributed by atoms with van der Waals surface area (Å²) in [6.07, 6.45) is -1.98. The lowest BCUT2D eigenvalue weighted by Gasteiger charge is -2.20. The highest BCUT2D eigenvalue weighted by atomic mass is 19.4. The fourth-order valence-electron chi connectivity index (χ4n) is 3.68. The lowest BCUT2D eigenvalue weighted by molar-refractivity contribution is -0.137. The van der Waals surface area contributed by atoms with Crippen LogP contribution in [0.25, 0.3) is 10.9 Å². The summed E-state index contributed by atoms with van der Waals surface area (Å²) in [6, 6.07) is 9.81. The number of carbonyl (C=O) groups is 1. The second-order valence-corrected chi connectivity index (χ2v) is 8.11. The van der Waals surface area contributed by atoms with Crippen molar-refractivity contribution in [1.82, 2.24) is 20.5 Å². The number of fused-ring (bicyclic) bond motifs is 1. The first-order valence-electron chi connectivity index (χ1n) is 10.6. The number of carbonyl (C=O) groups excluding carboxylic acids is 1. The molecule has 0 aliphatic heterocycles. The van der Waals surface area contributed by atoms with Crippen LogP contribution >= 0.6 is 0 Å². The largest absolute Gasteiger partial charge is 0.437 e. The molecule has 0 radical (unpaired) electrons. The van der Waals surface area contributed by atoms with Crippen LogP contribution in [0.2, 0.25) is 0 Å². The van der Waals surface area contributed by atoms with E-state index in [1.807, 2.05) is 0 Å². The van der Waals surface area contributed by atoms with Gasteiger partial charge in [0.15, 0.2) is 0 Å². The Morgan fingerprint density at radius 3 is 2.50 bits per heavy atom. The molecule has 186 valence electrons. The molecule has 0 aliphatic carbocycles. The minimum atomic E-state index is -4.63. The summed E-state index contributed by atoms with van der Waals surface area (Å²) in [5, 5.41) is 10.1. The van der Waals surface area contributed by atoms with E-state index in [1.54, 1.807) is 26.0 Å². The predicted octanol–water partition coefficient (Wildman–Crippen LogP) is 5.97. The first kappa shape index (κ1) is 25.0. The van der Waals surface area contributed by atoms with Crippen LogP contribution in [-0.4, -0.2) is 27.6 Å². The molecule has 2 aromatic heterocycles. The number of halogens is 5. The molecule has 1 amide bonds. The first-order valence-corrected chi connectivity index (χ1v) is 10.6. The molecular formula is C25H19F5N4O2. The Balaban J connectivity index is 1.67. The zero-order valence-corrected chi connectivity index (χ0v) is 19.0. The molecule has 0 bridgehead atoms. The van der Waals surface area contributed by atoms with Crippen molar-refractivity contribution >= 4 is 16.8 Å². The van der Waals surface area contributed by atoms with E-state index in [4.69, 9.17) is 4.74 Å². The van der Waals surface area contributed by atoms with Gasteiger partial charge in [-0.05, 0) is 43.7 Å². The summed E-state index contributed by atoms with van der Waals surface area (Å²) < 4.78 is 74.7. The van der Waals surface area contributed by atoms with E-state index >= 15 is 0 Å². The second-order valence-electron chi connectivity index (χ2n) is 8.11. The maximum absolute atomic E-state index is 15.0. The number of rotatable bonds is 6. The van der Waals surface area contributed by atoms with E-state index in [0.29, 0.717) is 5.56 Å². The fourth-order valence-corrected chi connectivity index (χ4v) is 3.68. The summed E-state index contributed by atoms with van der Waals surface area (Å²) in [5.41, 5.74) is -0.135. The van der Waals surface area contributed by atoms with Crippen LogP contribution < -0.4 is 10.1 Å². The summed E-state index contributed by atoms with van der Waals surface area (Å²) in [5.74, 6) is -5.07. The van der Waals surface area contributed by atoms with E-state index in [0.717, 1.165) is 23.8 Å². The topological polar surface area (TPSA) is 77.0 Å². The Bertz CT molecular complexity index is 1440. The summed E-state index contributed by atoms with van der Waals surface area (Å²) in [4.78, 5) is 17.0. The van der Waals surface area contributed by atoms with Gasteiger partial charge in [0.2, 0.25) is 0 Å². The van der Waals surface area contributed by atoms with Crippen LogP contribution in [0.15, 0.2) is 60.9 Å². The quantitative estimate of drug-likeness (QED) is 0.329. The zero-order chi connectivity index (χ0) is 26.1. The Morgan fingerprint density at radius 1 is 1.00 bits per heavy atom. The van der Waals surface area contributed by atoms with Crippen molar-refractivity contribution in [2.45, 2.75) is 25.9 Å². The van der Waals surface area contributed by atoms with Crippen molar-refractivity contribution in [3.05, 3.63) is 88.7 Å². The highest BCUT2D eigenvalue weighted by Crippen LogP contribution is 2.34. The minimum Gasteiger partial charge on any atom is -0.437 e. The molecule has 2 heterocycles. The first-order chi connectivity index (χ1) is 17.0. The van der Waals surface area contributed by atoms with E-state index in [-0.39, 0.29) is 27.8 Å². The van der Waals surface area contributed by atoms with Crippen LogP contribution in [0.5, 0.6) is 11.6 Å². The second kappa shape index (κ2) is 9.48. The third kappa shape index (κ3) is 5.24. The molecule has 0 aliphatic rings. The van der Waals surface area contributed by atoms with Gasteiger partial charge in [0.25, 0.3) is 17.7 Å². The lowest BCUT2D eigenvalue weighted by Crippen LogP contribution is -2.35. The van der Waals surface area contributed by atoms with E-state index in [1.165, 1.54) is 30.6 Å². The highest BCUT2D eigenvalue weighted by molar-refractivity contribution is 6.07. The molecule has 1 N–H and O–H groups in total. The number of benzene rings is 2. The molecule has 0 atom stereocenters. The number of aromatic nitrogens is 3. The standard InChI is InChI=1S/C25H19F5N4O2/c1-14-6-7-19(15(2)10-14)24(26,27)13-32-22(35)21-18-8-9-31-12-20(18)33-34-23(21)36-17-5-3-4-16(11-17)25(28,29)30/h3-12H,13H2,1-2H3,(H,32,35). The van der Waals surface area contributed by atoms with Gasteiger partial charge in [-0.2, -0.15) is 22.0 Å². The average Bonchev–Trinajstić information content (AvgIpc) is 2.82. The van der Waals surface area contributed by atoms with Crippen LogP contribution in [0.3, 0.4) is 0 Å². The van der Waals surface area contributed by atoms with E-state index in [2.05, 4.69) is 20.5 Å². The summed E-state index contributed by atoms with van der Waals surface area (Å²) in [6.45, 7) is 2.29. The number of hydrogen-bond donors (Lipinski definition) is 1. The average molecular weight is 502 g/mol. The molecule has 36 heavy (non-hydrogen) atoms. The zero-order valence-electron chi connectivity index (χ0n) is 19.0. The monoisotopic (exact) mass is 502 g/mol. The Kier molecular flexibility index (Phi) is 6.57. The van der Waals surface area contributed by atoms with Crippen molar-refractivity contribution in [3.63, 3.8) is 0 Å². The molecular weight excluding hydrogens is 483 g/mol. The van der Waals surface area contributed by atoms with E-state index in [9.17, 15) is 26.7 Å². The third-order valence-corrected chi connectivity index (χ3v) is 5.38. The molecule has 0 spiro atoms. The van der Waals surface area contributed by atoms with Crippen molar-refractivity contribution in [1.29, 1.82) is 0 Å². The Hall–Kier alpha value is -4.15. The Morgan fingerprint density at radius 2 is 1.78 bits per heavy atom. The van der Waals surface area contributed by atoms with Gasteiger partial charge in [0.05, 0.1) is 18.3 Å². The van der Waals surface area contributed by atoms with Crippen molar-refractivity contribution in [2.24, 2.45) is 0 Å². The number of alkyl halides is 5. The van der Waals surface area contributed by atoms with Gasteiger partial charge < -0.3 is 10.1 Å². The van der Waals surface area contributed by atoms with Gasteiger partial charge in [0, 0.05) is 17.1 Å². The van der Waals surface area contributed by atoms with Crippen LogP contribution in [0.1, 0.15) is 32.6 Å². The maximum atomic E-state index is 15.0. The van der Waals surface area contributed by atoms with Gasteiger partial charge in [-0.25, -0.2) is 0 Å². The van der Waals surface area contributed by atoms with Crippen molar-refractivity contribution < 1.29 is 31.5 Å². The normalized spacial score (nSPS) is 12.0. The summed E-state index contributed by atoms with van der Waals surface area (Å²) in [7, 11) is 0. The fraction of sp³-hybridized carbons (Fsp3) is 0.200. The van der Waals surface area contributed by atoms with E-state index < -0.39 is 36.0 Å². The number of nitrogens with one attached hydrogen (secondary N) is 1. The molecule has 0 unspecified atom stereocenters. The van der Waals surface area contributed by atoms with Crippen LogP contribution in [0, 0.1) is 13.8 Å². The number of hydrogen-bond acceptors (Lipinski definition) is 5. The molecule has 0 fully saturated rings. The number of pyridine rings is 1. The molecule has 11 heteroatoms. The number of ether oxygens (including phenoxy) is 1. The van der Waals surface area contributed by atoms with Gasteiger partial charge in [-0.1, -0.05) is 29.8 Å². The Labute approximate surface area is 202 Å². The van der Waals surface area contributed by atoms with Crippen LogP contribution in [0.4, 0.5) is 22.0 Å². The highest BCUT2D eigenvalue weighted by Gasteiger charge is 2.35. The van der Waals surface area contributed by atoms with Crippen LogP contribution in [-0.2, 0) is 12.1 Å². The van der Waals surface area contributed by atoms with Gasteiger partial charge in [0.1, 0.15) is 16.8 Å². The molecule has 0 saturated carbocycles. The SMILES string of the molecule is Cc1ccc(C(F)(F)CNC(=O)c2c(Oc3cccc(C(F)(F)F)c3)nnc3cnccc23)c(C)c1. The predicted molar refractivity (Wildman–Crippen MR) is 121 cm³/mol. The molecule has 4 rings (SSSR count). The third-order valence-electron chi connectivity index (χ3n) is 5.38. The molecule has 0 saturated heterocycles. The minimum absolute atomic E-state index is 0.167. The summed E-state index contributed by atoms with van der Waals surface area (Å²) >= 11 is 0. The van der Waals surface area contributed by atoms with Gasteiger partial charge >= 0.3 is 6.18 Å². The van der Waals surface area contributed by atoms with Crippen molar-refractivity contribution in [2.75, 3.05) is 6.54 Å². The number of nitrogens with zero attached hydrogens (tertiary/aromatic N) is 3. The molecule has 2 aromatic carbocycles. The van der Waals surface area contributed by atoms with Gasteiger partial charge in [-0.3, -0.25) is 9.78 Å². The van der Waals surface area contributed by atoms with Gasteiger partial charge in [-0.15, -0.1) is 10.2 Å². The van der Waals surface area contributed by atoms with Crippen molar-refractivity contribution in [3.8, 4) is 11.6 Å². The number of amides is 1.